The van der Waals surface area contributed by atoms with Crippen molar-refractivity contribution in [2.45, 2.75) is 43.9 Å². The molecule has 2 amide bonds. The second-order valence-electron chi connectivity index (χ2n) is 6.24. The van der Waals surface area contributed by atoms with Crippen LogP contribution in [-0.4, -0.2) is 51.1 Å². The zero-order valence-electron chi connectivity index (χ0n) is 11.7. The van der Waals surface area contributed by atoms with Gasteiger partial charge in [0.25, 0.3) is 0 Å². The number of carbonyl (C=O) groups is 2. The Kier molecular flexibility index (Phi) is 3.73. The molecule has 0 aromatic heterocycles. The summed E-state index contributed by atoms with van der Waals surface area (Å²) in [6.45, 7) is 7.17. The van der Waals surface area contributed by atoms with Crippen molar-refractivity contribution in [2.75, 3.05) is 18.8 Å². The van der Waals surface area contributed by atoms with E-state index in [1.165, 1.54) is 0 Å². The fourth-order valence-electron chi connectivity index (χ4n) is 2.48. The summed E-state index contributed by atoms with van der Waals surface area (Å²) >= 11 is 1.85. The van der Waals surface area contributed by atoms with Crippen LogP contribution in [0.5, 0.6) is 0 Å². The Bertz CT molecular complexity index is 395. The van der Waals surface area contributed by atoms with Crippen LogP contribution < -0.4 is 5.32 Å². The van der Waals surface area contributed by atoms with Gasteiger partial charge in [-0.15, -0.1) is 0 Å². The van der Waals surface area contributed by atoms with Gasteiger partial charge in [0.1, 0.15) is 5.54 Å². The number of urea groups is 1. The lowest BCUT2D eigenvalue weighted by molar-refractivity contribution is -0.144. The van der Waals surface area contributed by atoms with E-state index in [1.54, 1.807) is 11.8 Å². The average molecular weight is 286 g/mol. The fraction of sp³-hybridized carbons (Fsp3) is 0.846. The van der Waals surface area contributed by atoms with Crippen molar-refractivity contribution in [2.24, 2.45) is 5.92 Å². The largest absolute Gasteiger partial charge is 0.480 e. The fourth-order valence-corrected chi connectivity index (χ4v) is 3.59. The van der Waals surface area contributed by atoms with Crippen LogP contribution in [0.15, 0.2) is 0 Å². The summed E-state index contributed by atoms with van der Waals surface area (Å²) in [6.07, 6.45) is 1.76. The molecule has 108 valence electrons. The van der Waals surface area contributed by atoms with Crippen molar-refractivity contribution >= 4 is 23.8 Å². The molecule has 0 spiro atoms. The predicted octanol–water partition coefficient (Wildman–Crippen LogP) is 1.78. The predicted molar refractivity (Wildman–Crippen MR) is 75.4 cm³/mol. The Morgan fingerprint density at radius 2 is 2.05 bits per heavy atom. The summed E-state index contributed by atoms with van der Waals surface area (Å²) in [4.78, 5) is 25.4. The second-order valence-corrected chi connectivity index (χ2v) is 8.04. The number of carboxylic acids is 1. The minimum Gasteiger partial charge on any atom is -0.480 e. The van der Waals surface area contributed by atoms with Gasteiger partial charge in [0.2, 0.25) is 0 Å². The van der Waals surface area contributed by atoms with Crippen LogP contribution in [0.1, 0.15) is 33.6 Å². The standard InChI is InChI=1S/C13H22N2O3S/c1-12(2)8-15(6-7-19-12)11(18)14-13(3,10(16)17)9-4-5-9/h9H,4-8H2,1-3H3,(H,14,18)(H,16,17). The normalized spacial score (nSPS) is 25.5. The van der Waals surface area contributed by atoms with Crippen molar-refractivity contribution in [1.82, 2.24) is 10.2 Å². The van der Waals surface area contributed by atoms with Crippen molar-refractivity contribution in [3.8, 4) is 0 Å². The summed E-state index contributed by atoms with van der Waals surface area (Å²) in [5.41, 5.74) is -1.12. The van der Waals surface area contributed by atoms with Gasteiger partial charge >= 0.3 is 12.0 Å². The highest BCUT2D eigenvalue weighted by Gasteiger charge is 2.49. The van der Waals surface area contributed by atoms with E-state index in [0.29, 0.717) is 13.1 Å². The molecule has 1 atom stereocenters. The van der Waals surface area contributed by atoms with E-state index in [2.05, 4.69) is 19.2 Å². The first kappa shape index (κ1) is 14.5. The SMILES string of the molecule is CC1(C)CN(C(=O)NC(C)(C(=O)O)C2CC2)CCS1. The number of thioether (sulfide) groups is 1. The van der Waals surface area contributed by atoms with Gasteiger partial charge in [-0.05, 0) is 39.5 Å². The van der Waals surface area contributed by atoms with Crippen LogP contribution in [0.25, 0.3) is 0 Å². The van der Waals surface area contributed by atoms with Gasteiger partial charge in [0.05, 0.1) is 0 Å². The molecule has 2 aliphatic rings. The van der Waals surface area contributed by atoms with E-state index < -0.39 is 11.5 Å². The summed E-state index contributed by atoms with van der Waals surface area (Å²) in [7, 11) is 0. The van der Waals surface area contributed by atoms with E-state index in [-0.39, 0.29) is 16.7 Å². The Labute approximate surface area is 118 Å². The third-order valence-electron chi connectivity index (χ3n) is 3.92. The highest BCUT2D eigenvalue weighted by atomic mass is 32.2. The molecule has 2 fully saturated rings. The van der Waals surface area contributed by atoms with Gasteiger partial charge in [-0.2, -0.15) is 11.8 Å². The lowest BCUT2D eigenvalue weighted by Gasteiger charge is -2.39. The quantitative estimate of drug-likeness (QED) is 0.829. The summed E-state index contributed by atoms with van der Waals surface area (Å²) < 4.78 is 0.0365. The maximum absolute atomic E-state index is 12.3. The summed E-state index contributed by atoms with van der Waals surface area (Å²) in [5.74, 6) is 0.0308. The zero-order chi connectivity index (χ0) is 14.3. The molecule has 0 radical (unpaired) electrons. The number of rotatable bonds is 3. The third kappa shape index (κ3) is 3.16. The van der Waals surface area contributed by atoms with E-state index >= 15 is 0 Å². The molecule has 1 heterocycles. The molecule has 2 rings (SSSR count). The lowest BCUT2D eigenvalue weighted by atomic mass is 9.96. The topological polar surface area (TPSA) is 69.6 Å². The third-order valence-corrected chi connectivity index (χ3v) is 5.21. The molecule has 1 aliphatic heterocycles. The number of hydrogen-bond donors (Lipinski definition) is 2. The van der Waals surface area contributed by atoms with Gasteiger partial charge in [-0.3, -0.25) is 0 Å². The van der Waals surface area contributed by atoms with Crippen LogP contribution in [0.4, 0.5) is 4.79 Å². The molecule has 5 nitrogen and oxygen atoms in total. The highest BCUT2D eigenvalue weighted by Crippen LogP contribution is 2.40. The van der Waals surface area contributed by atoms with E-state index in [1.807, 2.05) is 11.8 Å². The van der Waals surface area contributed by atoms with Crippen LogP contribution in [0, 0.1) is 5.92 Å². The smallest absolute Gasteiger partial charge is 0.329 e. The lowest BCUT2D eigenvalue weighted by Crippen LogP contribution is -2.59. The molecule has 1 saturated heterocycles. The first-order valence-electron chi connectivity index (χ1n) is 6.69. The van der Waals surface area contributed by atoms with E-state index in [4.69, 9.17) is 0 Å². The Hall–Kier alpha value is -0.910. The molecule has 0 aromatic carbocycles. The van der Waals surface area contributed by atoms with Crippen molar-refractivity contribution < 1.29 is 14.7 Å². The molecule has 6 heteroatoms. The average Bonchev–Trinajstić information content (AvgIpc) is 3.11. The minimum absolute atomic E-state index is 0.0365. The maximum Gasteiger partial charge on any atom is 0.329 e. The number of carboxylic acid groups (broad SMARTS) is 1. The molecule has 19 heavy (non-hydrogen) atoms. The maximum atomic E-state index is 12.3. The monoisotopic (exact) mass is 286 g/mol. The van der Waals surface area contributed by atoms with Gasteiger partial charge < -0.3 is 15.3 Å². The number of hydrogen-bond acceptors (Lipinski definition) is 3. The molecule has 0 aromatic rings. The van der Waals surface area contributed by atoms with Gasteiger partial charge in [0.15, 0.2) is 0 Å². The first-order valence-corrected chi connectivity index (χ1v) is 7.68. The van der Waals surface area contributed by atoms with Crippen LogP contribution in [-0.2, 0) is 4.79 Å². The molecular formula is C13H22N2O3S. The van der Waals surface area contributed by atoms with Gasteiger partial charge in [-0.25, -0.2) is 9.59 Å². The van der Waals surface area contributed by atoms with Crippen molar-refractivity contribution in [3.05, 3.63) is 0 Å². The number of nitrogens with one attached hydrogen (secondary N) is 1. The molecule has 1 aliphatic carbocycles. The second kappa shape index (κ2) is 4.89. The number of nitrogens with zero attached hydrogens (tertiary/aromatic N) is 1. The number of carbonyl (C=O) groups excluding carboxylic acids is 1. The molecule has 2 N–H and O–H groups in total. The highest BCUT2D eigenvalue weighted by molar-refractivity contribution is 8.00. The van der Waals surface area contributed by atoms with E-state index in [0.717, 1.165) is 18.6 Å². The zero-order valence-corrected chi connectivity index (χ0v) is 12.5. The van der Waals surface area contributed by atoms with Gasteiger partial charge in [-0.1, -0.05) is 0 Å². The number of amides is 2. The Morgan fingerprint density at radius 1 is 1.42 bits per heavy atom. The Balaban J connectivity index is 2.01. The summed E-state index contributed by atoms with van der Waals surface area (Å²) in [6, 6.07) is -0.245. The van der Waals surface area contributed by atoms with Crippen molar-refractivity contribution in [3.63, 3.8) is 0 Å². The van der Waals surface area contributed by atoms with Crippen LogP contribution in [0.2, 0.25) is 0 Å². The van der Waals surface area contributed by atoms with Crippen molar-refractivity contribution in [1.29, 1.82) is 0 Å². The van der Waals surface area contributed by atoms with Crippen LogP contribution in [0.3, 0.4) is 0 Å². The Morgan fingerprint density at radius 3 is 2.53 bits per heavy atom. The van der Waals surface area contributed by atoms with Gasteiger partial charge in [0, 0.05) is 23.6 Å². The first-order chi connectivity index (χ1) is 8.74. The molecular weight excluding hydrogens is 264 g/mol. The minimum atomic E-state index is -1.12. The molecule has 1 saturated carbocycles. The van der Waals surface area contributed by atoms with Crippen LogP contribution >= 0.6 is 11.8 Å². The molecule has 0 bridgehead atoms. The summed E-state index contributed by atoms with van der Waals surface area (Å²) in [5, 5.41) is 12.1. The number of aliphatic carboxylic acids is 1. The van der Waals surface area contributed by atoms with E-state index in [9.17, 15) is 14.7 Å². The molecule has 1 unspecified atom stereocenters.